The van der Waals surface area contributed by atoms with Gasteiger partial charge < -0.3 is 15.0 Å². The van der Waals surface area contributed by atoms with Gasteiger partial charge in [0.1, 0.15) is 11.2 Å². The van der Waals surface area contributed by atoms with Gasteiger partial charge in [-0.3, -0.25) is 9.59 Å². The molecule has 2 amide bonds. The van der Waals surface area contributed by atoms with Gasteiger partial charge in [-0.25, -0.2) is 4.98 Å². The Morgan fingerprint density at radius 1 is 1.45 bits per heavy atom. The van der Waals surface area contributed by atoms with Crippen molar-refractivity contribution in [2.75, 3.05) is 26.3 Å². The van der Waals surface area contributed by atoms with Crippen LogP contribution in [0.3, 0.4) is 0 Å². The zero-order valence-corrected chi connectivity index (χ0v) is 11.9. The van der Waals surface area contributed by atoms with Crippen LogP contribution in [-0.4, -0.2) is 54.0 Å². The molecule has 108 valence electrons. The second-order valence-electron chi connectivity index (χ2n) is 4.47. The van der Waals surface area contributed by atoms with Gasteiger partial charge in [0, 0.05) is 19.3 Å². The van der Waals surface area contributed by atoms with E-state index in [2.05, 4.69) is 10.3 Å². The van der Waals surface area contributed by atoms with Crippen LogP contribution in [0.25, 0.3) is 0 Å². The summed E-state index contributed by atoms with van der Waals surface area (Å²) in [7, 11) is 0. The molecule has 1 saturated heterocycles. The predicted molar refractivity (Wildman–Crippen MR) is 73.6 cm³/mol. The van der Waals surface area contributed by atoms with Crippen molar-refractivity contribution >= 4 is 23.4 Å². The molecular formula is C13H16ClN3O3. The number of hydrogen-bond acceptors (Lipinski definition) is 4. The molecule has 1 N–H and O–H groups in total. The summed E-state index contributed by atoms with van der Waals surface area (Å²) in [6.07, 6.45) is 1.50. The lowest BCUT2D eigenvalue weighted by Crippen LogP contribution is -2.50. The van der Waals surface area contributed by atoms with E-state index in [0.29, 0.717) is 26.3 Å². The second kappa shape index (κ2) is 6.67. The number of ether oxygens (including phenoxy) is 1. The molecule has 1 fully saturated rings. The third-order valence-electron chi connectivity index (χ3n) is 3.04. The predicted octanol–water partition coefficient (Wildman–Crippen LogP) is 0.712. The molecule has 0 bridgehead atoms. The van der Waals surface area contributed by atoms with Crippen LogP contribution in [0.15, 0.2) is 18.3 Å². The Balaban J connectivity index is 1.97. The molecule has 7 heteroatoms. The van der Waals surface area contributed by atoms with Gasteiger partial charge in [0.2, 0.25) is 5.91 Å². The fourth-order valence-electron chi connectivity index (χ4n) is 1.95. The van der Waals surface area contributed by atoms with Crippen molar-refractivity contribution in [2.24, 2.45) is 0 Å². The Labute approximate surface area is 122 Å². The summed E-state index contributed by atoms with van der Waals surface area (Å²) in [4.78, 5) is 29.7. The number of amides is 2. The highest BCUT2D eigenvalue weighted by atomic mass is 35.5. The average molecular weight is 298 g/mol. The maximum Gasteiger partial charge on any atom is 0.255 e. The minimum Gasteiger partial charge on any atom is -0.378 e. The largest absolute Gasteiger partial charge is 0.378 e. The molecule has 0 spiro atoms. The van der Waals surface area contributed by atoms with E-state index in [9.17, 15) is 9.59 Å². The maximum atomic E-state index is 12.2. The topological polar surface area (TPSA) is 71.5 Å². The smallest absolute Gasteiger partial charge is 0.255 e. The van der Waals surface area contributed by atoms with Crippen LogP contribution < -0.4 is 5.32 Å². The van der Waals surface area contributed by atoms with E-state index in [1.807, 2.05) is 0 Å². The zero-order valence-electron chi connectivity index (χ0n) is 11.1. The minimum atomic E-state index is -0.614. The quantitative estimate of drug-likeness (QED) is 0.834. The summed E-state index contributed by atoms with van der Waals surface area (Å²) in [5.74, 6) is -0.529. The number of hydrogen-bond donors (Lipinski definition) is 1. The number of rotatable bonds is 3. The molecular weight excluding hydrogens is 282 g/mol. The van der Waals surface area contributed by atoms with E-state index in [-0.39, 0.29) is 16.6 Å². The number of carbonyl (C=O) groups excluding carboxylic acids is 2. The van der Waals surface area contributed by atoms with Gasteiger partial charge >= 0.3 is 0 Å². The van der Waals surface area contributed by atoms with Crippen molar-refractivity contribution in [3.05, 3.63) is 29.0 Å². The Hall–Kier alpha value is -1.66. The Kier molecular flexibility index (Phi) is 4.92. The number of morpholine rings is 1. The molecule has 0 aliphatic carbocycles. The van der Waals surface area contributed by atoms with Crippen molar-refractivity contribution < 1.29 is 14.3 Å². The fraction of sp³-hybridized carbons (Fsp3) is 0.462. The number of nitrogens with one attached hydrogen (secondary N) is 1. The first kappa shape index (κ1) is 14.7. The Morgan fingerprint density at radius 3 is 2.80 bits per heavy atom. The van der Waals surface area contributed by atoms with E-state index >= 15 is 0 Å². The molecule has 0 radical (unpaired) electrons. The van der Waals surface area contributed by atoms with E-state index in [1.54, 1.807) is 24.0 Å². The number of pyridine rings is 1. The molecule has 0 aromatic carbocycles. The minimum absolute atomic E-state index is 0.121. The second-order valence-corrected chi connectivity index (χ2v) is 4.83. The standard InChI is InChI=1S/C13H16ClN3O3/c1-9(13(19)17-5-7-20-8-6-17)16-12(18)10-3-2-4-15-11(10)14/h2-4,9H,5-8H2,1H3,(H,16,18). The van der Waals surface area contributed by atoms with Gasteiger partial charge in [-0.05, 0) is 19.1 Å². The van der Waals surface area contributed by atoms with Gasteiger partial charge in [-0.15, -0.1) is 0 Å². The molecule has 1 unspecified atom stereocenters. The summed E-state index contributed by atoms with van der Waals surface area (Å²) in [5, 5.41) is 2.76. The molecule has 1 atom stereocenters. The van der Waals surface area contributed by atoms with Gasteiger partial charge in [-0.1, -0.05) is 11.6 Å². The van der Waals surface area contributed by atoms with E-state index < -0.39 is 11.9 Å². The van der Waals surface area contributed by atoms with Crippen LogP contribution in [-0.2, 0) is 9.53 Å². The van der Waals surface area contributed by atoms with Crippen LogP contribution in [0.2, 0.25) is 5.15 Å². The van der Waals surface area contributed by atoms with Gasteiger partial charge in [0.05, 0.1) is 18.8 Å². The molecule has 1 aromatic rings. The molecule has 2 heterocycles. The SMILES string of the molecule is CC(NC(=O)c1cccnc1Cl)C(=O)N1CCOCC1. The first-order valence-corrected chi connectivity index (χ1v) is 6.75. The molecule has 6 nitrogen and oxygen atoms in total. The highest BCUT2D eigenvalue weighted by molar-refractivity contribution is 6.32. The van der Waals surface area contributed by atoms with Crippen molar-refractivity contribution in [3.8, 4) is 0 Å². The lowest BCUT2D eigenvalue weighted by molar-refractivity contribution is -0.136. The molecule has 1 aliphatic heterocycles. The molecule has 1 aromatic heterocycles. The third kappa shape index (κ3) is 3.46. The Bertz CT molecular complexity index is 503. The highest BCUT2D eigenvalue weighted by Gasteiger charge is 2.24. The number of halogens is 1. The molecule has 1 aliphatic rings. The fourth-order valence-corrected chi connectivity index (χ4v) is 2.15. The first-order valence-electron chi connectivity index (χ1n) is 6.37. The zero-order chi connectivity index (χ0) is 14.5. The van der Waals surface area contributed by atoms with Gasteiger partial charge in [-0.2, -0.15) is 0 Å². The van der Waals surface area contributed by atoms with Crippen molar-refractivity contribution in [2.45, 2.75) is 13.0 Å². The van der Waals surface area contributed by atoms with Crippen molar-refractivity contribution in [1.29, 1.82) is 0 Å². The summed E-state index contributed by atoms with van der Waals surface area (Å²) in [5.41, 5.74) is 0.260. The number of nitrogens with zero attached hydrogens (tertiary/aromatic N) is 2. The lowest BCUT2D eigenvalue weighted by Gasteiger charge is -2.29. The van der Waals surface area contributed by atoms with Crippen LogP contribution in [0.1, 0.15) is 17.3 Å². The lowest BCUT2D eigenvalue weighted by atomic mass is 10.2. The van der Waals surface area contributed by atoms with Gasteiger partial charge in [0.15, 0.2) is 0 Å². The third-order valence-corrected chi connectivity index (χ3v) is 3.35. The van der Waals surface area contributed by atoms with Crippen LogP contribution >= 0.6 is 11.6 Å². The number of aromatic nitrogens is 1. The summed E-state index contributed by atoms with van der Waals surface area (Å²) >= 11 is 5.85. The summed E-state index contributed by atoms with van der Waals surface area (Å²) in [6.45, 7) is 3.81. The highest BCUT2D eigenvalue weighted by Crippen LogP contribution is 2.11. The Morgan fingerprint density at radius 2 is 2.15 bits per heavy atom. The molecule has 20 heavy (non-hydrogen) atoms. The monoisotopic (exact) mass is 297 g/mol. The van der Waals surface area contributed by atoms with Crippen LogP contribution in [0.5, 0.6) is 0 Å². The average Bonchev–Trinajstić information content (AvgIpc) is 2.47. The summed E-state index contributed by atoms with van der Waals surface area (Å²) in [6, 6.07) is 2.57. The normalized spacial score (nSPS) is 16.6. The number of carbonyl (C=O) groups is 2. The van der Waals surface area contributed by atoms with E-state index in [1.165, 1.54) is 6.20 Å². The first-order chi connectivity index (χ1) is 9.59. The van der Waals surface area contributed by atoms with Crippen molar-refractivity contribution in [3.63, 3.8) is 0 Å². The van der Waals surface area contributed by atoms with E-state index in [0.717, 1.165) is 0 Å². The van der Waals surface area contributed by atoms with Gasteiger partial charge in [0.25, 0.3) is 5.91 Å². The van der Waals surface area contributed by atoms with Crippen molar-refractivity contribution in [1.82, 2.24) is 15.2 Å². The summed E-state index contributed by atoms with van der Waals surface area (Å²) < 4.78 is 5.19. The molecule has 0 saturated carbocycles. The van der Waals surface area contributed by atoms with E-state index in [4.69, 9.17) is 16.3 Å². The van der Waals surface area contributed by atoms with Crippen LogP contribution in [0.4, 0.5) is 0 Å². The molecule has 2 rings (SSSR count). The maximum absolute atomic E-state index is 12.2. The van der Waals surface area contributed by atoms with Crippen LogP contribution in [0, 0.1) is 0 Å².